The molecule has 2 rings (SSSR count). The second kappa shape index (κ2) is 1.65. The highest BCUT2D eigenvalue weighted by atomic mass is 14.7. The summed E-state index contributed by atoms with van der Waals surface area (Å²) in [4.78, 5) is 8.17. The van der Waals surface area contributed by atoms with Crippen LogP contribution in [-0.2, 0) is 0 Å². The summed E-state index contributed by atoms with van der Waals surface area (Å²) in [7, 11) is 0. The lowest BCUT2D eigenvalue weighted by atomic mass is 10.4. The zero-order chi connectivity index (χ0) is 6.10. The quantitative estimate of drug-likeness (QED) is 0.450. The van der Waals surface area contributed by atoms with E-state index in [0.717, 1.165) is 17.1 Å². The summed E-state index contributed by atoms with van der Waals surface area (Å²) < 4.78 is 0. The molecule has 0 fully saturated rings. The second-order valence-electron chi connectivity index (χ2n) is 1.98. The molecule has 2 heterocycles. The Morgan fingerprint density at radius 1 is 1.44 bits per heavy atom. The van der Waals surface area contributed by atoms with Gasteiger partial charge in [0.15, 0.2) is 0 Å². The highest BCUT2D eigenvalue weighted by Crippen LogP contribution is 1.75. The number of rotatable bonds is 0. The normalized spacial score (nSPS) is 13.8. The van der Waals surface area contributed by atoms with Gasteiger partial charge >= 0.3 is 0 Å². The maximum Gasteiger partial charge on any atom is 0.0678 e. The average Bonchev–Trinajstić information content (AvgIpc) is 2.33. The minimum atomic E-state index is 0.820. The Labute approximate surface area is 52.6 Å². The largest absolute Gasteiger partial charge is 0.280 e. The van der Waals surface area contributed by atoms with Gasteiger partial charge in [0.25, 0.3) is 0 Å². The van der Waals surface area contributed by atoms with Gasteiger partial charge in [-0.15, -0.1) is 0 Å². The van der Waals surface area contributed by atoms with Crippen molar-refractivity contribution in [2.24, 2.45) is 4.99 Å². The van der Waals surface area contributed by atoms with Crippen molar-refractivity contribution in [3.8, 4) is 0 Å². The van der Waals surface area contributed by atoms with Crippen molar-refractivity contribution in [2.75, 3.05) is 6.54 Å². The van der Waals surface area contributed by atoms with Crippen molar-refractivity contribution in [2.45, 2.75) is 0 Å². The van der Waals surface area contributed by atoms with E-state index < -0.39 is 0 Å². The third-order valence-corrected chi connectivity index (χ3v) is 1.40. The van der Waals surface area contributed by atoms with Crippen molar-refractivity contribution < 1.29 is 0 Å². The molecule has 0 unspecified atom stereocenters. The second-order valence-corrected chi connectivity index (χ2v) is 1.98. The molecule has 0 saturated carbocycles. The SMILES string of the molecule is C1=c2cnccc2=NC1. The molecule has 44 valence electrons. The fourth-order valence-electron chi connectivity index (χ4n) is 0.943. The number of aromatic nitrogens is 1. The summed E-state index contributed by atoms with van der Waals surface area (Å²) in [6.45, 7) is 0.820. The van der Waals surface area contributed by atoms with E-state index in [4.69, 9.17) is 0 Å². The van der Waals surface area contributed by atoms with Crippen LogP contribution < -0.4 is 10.6 Å². The maximum absolute atomic E-state index is 4.20. The molecule has 1 aliphatic rings. The van der Waals surface area contributed by atoms with Crippen molar-refractivity contribution in [1.82, 2.24) is 4.98 Å². The van der Waals surface area contributed by atoms with E-state index in [1.807, 2.05) is 12.3 Å². The molecule has 0 bridgehead atoms. The maximum atomic E-state index is 4.20. The van der Waals surface area contributed by atoms with Crippen LogP contribution in [0.1, 0.15) is 0 Å². The summed E-state index contributed by atoms with van der Waals surface area (Å²) in [6.07, 6.45) is 5.68. The zero-order valence-corrected chi connectivity index (χ0v) is 4.91. The zero-order valence-electron chi connectivity index (χ0n) is 4.91. The van der Waals surface area contributed by atoms with Crippen LogP contribution in [-0.4, -0.2) is 11.5 Å². The van der Waals surface area contributed by atoms with Crippen LogP contribution in [0.4, 0.5) is 0 Å². The number of hydrogen-bond acceptors (Lipinski definition) is 2. The van der Waals surface area contributed by atoms with Gasteiger partial charge in [-0.3, -0.25) is 9.98 Å². The van der Waals surface area contributed by atoms with Gasteiger partial charge in [-0.1, -0.05) is 6.08 Å². The van der Waals surface area contributed by atoms with Gasteiger partial charge in [0.2, 0.25) is 0 Å². The number of nitrogens with zero attached hydrogens (tertiary/aromatic N) is 2. The molecule has 0 saturated heterocycles. The van der Waals surface area contributed by atoms with Crippen LogP contribution in [0.15, 0.2) is 23.5 Å². The lowest BCUT2D eigenvalue weighted by Crippen LogP contribution is -2.20. The van der Waals surface area contributed by atoms with E-state index in [1.165, 1.54) is 0 Å². The highest BCUT2D eigenvalue weighted by Gasteiger charge is 1.89. The molecule has 2 nitrogen and oxygen atoms in total. The molecule has 2 heteroatoms. The van der Waals surface area contributed by atoms with Crippen LogP contribution in [0.2, 0.25) is 0 Å². The summed E-state index contributed by atoms with van der Waals surface area (Å²) >= 11 is 0. The summed E-state index contributed by atoms with van der Waals surface area (Å²) in [5.74, 6) is 0. The van der Waals surface area contributed by atoms with Gasteiger partial charge in [0.05, 0.1) is 11.9 Å². The van der Waals surface area contributed by atoms with E-state index in [2.05, 4.69) is 16.1 Å². The molecular formula is C7H6N2. The standard InChI is InChI=1S/C7H6N2/c1-4-9-7-2-3-8-5-6(1)7/h1-3,5H,4H2. The predicted octanol–water partition coefficient (Wildman–Crippen LogP) is -0.505. The first kappa shape index (κ1) is 4.68. The van der Waals surface area contributed by atoms with Crippen molar-refractivity contribution >= 4 is 6.08 Å². The van der Waals surface area contributed by atoms with Gasteiger partial charge in [-0.2, -0.15) is 0 Å². The van der Waals surface area contributed by atoms with Crippen molar-refractivity contribution in [1.29, 1.82) is 0 Å². The van der Waals surface area contributed by atoms with E-state index in [-0.39, 0.29) is 0 Å². The van der Waals surface area contributed by atoms with Gasteiger partial charge in [0.1, 0.15) is 0 Å². The van der Waals surface area contributed by atoms with E-state index >= 15 is 0 Å². The van der Waals surface area contributed by atoms with Gasteiger partial charge < -0.3 is 0 Å². The Morgan fingerprint density at radius 2 is 2.44 bits per heavy atom. The molecule has 1 aromatic rings. The minimum absolute atomic E-state index is 0.820. The molecular weight excluding hydrogens is 112 g/mol. The Kier molecular flexibility index (Phi) is 0.859. The average molecular weight is 118 g/mol. The summed E-state index contributed by atoms with van der Waals surface area (Å²) in [5, 5.41) is 2.24. The van der Waals surface area contributed by atoms with Crippen molar-refractivity contribution in [3.63, 3.8) is 0 Å². The van der Waals surface area contributed by atoms with Crippen molar-refractivity contribution in [3.05, 3.63) is 29.0 Å². The van der Waals surface area contributed by atoms with E-state index in [1.54, 1.807) is 6.20 Å². The fraction of sp³-hybridized carbons (Fsp3) is 0.143. The first-order chi connectivity index (χ1) is 4.47. The molecule has 0 N–H and O–H groups in total. The lowest BCUT2D eigenvalue weighted by molar-refractivity contribution is 1.19. The molecule has 0 radical (unpaired) electrons. The Hall–Kier alpha value is -1.18. The first-order valence-corrected chi connectivity index (χ1v) is 2.91. The smallest absolute Gasteiger partial charge is 0.0678 e. The Morgan fingerprint density at radius 3 is 3.33 bits per heavy atom. The molecule has 0 aliphatic carbocycles. The number of pyridine rings is 1. The van der Waals surface area contributed by atoms with Crippen LogP contribution in [0.25, 0.3) is 6.08 Å². The predicted molar refractivity (Wildman–Crippen MR) is 34.4 cm³/mol. The van der Waals surface area contributed by atoms with Gasteiger partial charge in [0, 0.05) is 17.6 Å². The molecule has 0 aromatic carbocycles. The van der Waals surface area contributed by atoms with Crippen LogP contribution in [0.5, 0.6) is 0 Å². The first-order valence-electron chi connectivity index (χ1n) is 2.91. The Bertz CT molecular complexity index is 294. The van der Waals surface area contributed by atoms with Gasteiger partial charge in [-0.25, -0.2) is 0 Å². The summed E-state index contributed by atoms with van der Waals surface area (Å²) in [5.41, 5.74) is 0. The highest BCUT2D eigenvalue weighted by molar-refractivity contribution is 5.26. The summed E-state index contributed by atoms with van der Waals surface area (Å²) in [6, 6.07) is 1.93. The van der Waals surface area contributed by atoms with Crippen LogP contribution >= 0.6 is 0 Å². The molecule has 0 spiro atoms. The molecule has 0 amide bonds. The monoisotopic (exact) mass is 118 g/mol. The van der Waals surface area contributed by atoms with Crippen LogP contribution in [0.3, 0.4) is 0 Å². The molecule has 1 aromatic heterocycles. The molecule has 9 heavy (non-hydrogen) atoms. The number of hydrogen-bond donors (Lipinski definition) is 0. The van der Waals surface area contributed by atoms with Gasteiger partial charge in [-0.05, 0) is 6.07 Å². The Balaban J connectivity index is 2.97. The van der Waals surface area contributed by atoms with E-state index in [9.17, 15) is 0 Å². The minimum Gasteiger partial charge on any atom is -0.280 e. The molecule has 0 atom stereocenters. The number of fused-ring (bicyclic) bond motifs is 1. The van der Waals surface area contributed by atoms with E-state index in [0.29, 0.717) is 0 Å². The van der Waals surface area contributed by atoms with Crippen LogP contribution in [0, 0.1) is 0 Å². The fourth-order valence-corrected chi connectivity index (χ4v) is 0.943. The molecule has 1 aliphatic heterocycles. The lowest BCUT2D eigenvalue weighted by Gasteiger charge is -1.77. The topological polar surface area (TPSA) is 25.2 Å². The third-order valence-electron chi connectivity index (χ3n) is 1.40. The third kappa shape index (κ3) is 0.633.